The number of aromatic nitrogens is 1. The van der Waals surface area contributed by atoms with Gasteiger partial charge in [0.1, 0.15) is 18.2 Å². The zero-order chi connectivity index (χ0) is 16.7. The van der Waals surface area contributed by atoms with Gasteiger partial charge >= 0.3 is 12.4 Å². The third kappa shape index (κ3) is 3.25. The maximum Gasteiger partial charge on any atom is 0.421 e. The van der Waals surface area contributed by atoms with E-state index < -0.39 is 42.0 Å². The Bertz CT molecular complexity index is 634. The van der Waals surface area contributed by atoms with Gasteiger partial charge in [-0.3, -0.25) is 9.59 Å². The van der Waals surface area contributed by atoms with Crippen LogP contribution in [0, 0.1) is 0 Å². The van der Waals surface area contributed by atoms with Gasteiger partial charge in [0.25, 0.3) is 5.56 Å². The predicted octanol–water partition coefficient (Wildman–Crippen LogP) is 2.20. The first-order chi connectivity index (χ1) is 10.0. The van der Waals surface area contributed by atoms with Crippen molar-refractivity contribution in [2.45, 2.75) is 24.8 Å². The highest BCUT2D eigenvalue weighted by Gasteiger charge is 2.41. The van der Waals surface area contributed by atoms with Crippen molar-refractivity contribution in [1.29, 1.82) is 0 Å². The fourth-order valence-corrected chi connectivity index (χ4v) is 2.33. The molecule has 1 aromatic rings. The van der Waals surface area contributed by atoms with Crippen LogP contribution in [-0.2, 0) is 11.0 Å². The Labute approximate surface area is 119 Å². The largest absolute Gasteiger partial charge is 0.421 e. The number of alkyl halides is 6. The SMILES string of the molecule is O=C1C(n2cccc(C(F)(F)F)c2=O)CCN1CC(F)(F)F. The Morgan fingerprint density at radius 2 is 1.77 bits per heavy atom. The van der Waals surface area contributed by atoms with Crippen LogP contribution in [0.3, 0.4) is 0 Å². The highest BCUT2D eigenvalue weighted by molar-refractivity contribution is 5.82. The second-order valence-electron chi connectivity index (χ2n) is 4.81. The molecule has 0 bridgehead atoms. The fraction of sp³-hybridized carbons (Fsp3) is 0.500. The van der Waals surface area contributed by atoms with Crippen LogP contribution >= 0.6 is 0 Å². The molecule has 1 aliphatic rings. The molecular formula is C12H10F6N2O2. The highest BCUT2D eigenvalue weighted by atomic mass is 19.4. The van der Waals surface area contributed by atoms with Crippen molar-refractivity contribution in [2.24, 2.45) is 0 Å². The van der Waals surface area contributed by atoms with Gasteiger partial charge in [-0.1, -0.05) is 0 Å². The van der Waals surface area contributed by atoms with Crippen LogP contribution in [0.1, 0.15) is 18.0 Å². The van der Waals surface area contributed by atoms with Crippen molar-refractivity contribution in [3.05, 3.63) is 34.2 Å². The summed E-state index contributed by atoms with van der Waals surface area (Å²) in [5.41, 5.74) is -2.90. The van der Waals surface area contributed by atoms with Gasteiger partial charge in [0.05, 0.1) is 0 Å². The van der Waals surface area contributed by atoms with Crippen molar-refractivity contribution in [1.82, 2.24) is 9.47 Å². The molecule has 122 valence electrons. The Balaban J connectivity index is 2.31. The molecule has 1 atom stereocenters. The highest BCUT2D eigenvalue weighted by Crippen LogP contribution is 2.29. The first-order valence-corrected chi connectivity index (χ1v) is 6.14. The first kappa shape index (κ1) is 16.4. The van der Waals surface area contributed by atoms with E-state index in [0.717, 1.165) is 12.3 Å². The number of carbonyl (C=O) groups excluding carboxylic acids is 1. The monoisotopic (exact) mass is 328 g/mol. The van der Waals surface area contributed by atoms with Crippen molar-refractivity contribution in [3.63, 3.8) is 0 Å². The van der Waals surface area contributed by atoms with Gasteiger partial charge < -0.3 is 9.47 Å². The number of carbonyl (C=O) groups is 1. The lowest BCUT2D eigenvalue weighted by atomic mass is 10.2. The van der Waals surface area contributed by atoms with E-state index in [9.17, 15) is 35.9 Å². The predicted molar refractivity (Wildman–Crippen MR) is 62.0 cm³/mol. The molecular weight excluding hydrogens is 318 g/mol. The molecule has 1 aliphatic heterocycles. The van der Waals surface area contributed by atoms with Gasteiger partial charge in [-0.2, -0.15) is 26.3 Å². The van der Waals surface area contributed by atoms with Crippen molar-refractivity contribution in [3.8, 4) is 0 Å². The minimum absolute atomic E-state index is 0.157. The lowest BCUT2D eigenvalue weighted by molar-refractivity contribution is -0.158. The molecule has 0 spiro atoms. The smallest absolute Gasteiger partial charge is 0.332 e. The molecule has 1 fully saturated rings. The van der Waals surface area contributed by atoms with E-state index in [1.807, 2.05) is 0 Å². The Kier molecular flexibility index (Phi) is 3.96. The molecule has 0 radical (unpaired) electrons. The summed E-state index contributed by atoms with van der Waals surface area (Å²) in [6, 6.07) is 0.146. The van der Waals surface area contributed by atoms with E-state index in [1.165, 1.54) is 0 Å². The third-order valence-corrected chi connectivity index (χ3v) is 3.25. The molecule has 1 amide bonds. The normalized spacial score (nSPS) is 19.8. The summed E-state index contributed by atoms with van der Waals surface area (Å²) in [6.07, 6.45) is -8.69. The van der Waals surface area contributed by atoms with E-state index in [2.05, 4.69) is 0 Å². The van der Waals surface area contributed by atoms with Crippen LogP contribution in [-0.4, -0.2) is 34.6 Å². The zero-order valence-electron chi connectivity index (χ0n) is 10.9. The van der Waals surface area contributed by atoms with E-state index in [0.29, 0.717) is 15.5 Å². The van der Waals surface area contributed by atoms with E-state index >= 15 is 0 Å². The quantitative estimate of drug-likeness (QED) is 0.781. The van der Waals surface area contributed by atoms with Crippen LogP contribution in [0.4, 0.5) is 26.3 Å². The summed E-state index contributed by atoms with van der Waals surface area (Å²) in [4.78, 5) is 24.2. The average molecular weight is 328 g/mol. The third-order valence-electron chi connectivity index (χ3n) is 3.25. The van der Waals surface area contributed by atoms with Crippen LogP contribution in [0.15, 0.2) is 23.1 Å². The van der Waals surface area contributed by atoms with Crippen LogP contribution < -0.4 is 5.56 Å². The number of rotatable bonds is 2. The number of hydrogen-bond acceptors (Lipinski definition) is 2. The standard InChI is InChI=1S/C12H10F6N2O2/c13-11(14,15)6-19-5-3-8(10(19)22)20-4-1-2-7(9(20)21)12(16,17)18/h1-2,4,8H,3,5-6H2. The zero-order valence-corrected chi connectivity index (χ0v) is 10.9. The van der Waals surface area contributed by atoms with Gasteiger partial charge in [-0.15, -0.1) is 0 Å². The van der Waals surface area contributed by atoms with Gasteiger partial charge in [0.2, 0.25) is 5.91 Å². The molecule has 2 heterocycles. The molecule has 0 aromatic carbocycles. The first-order valence-electron chi connectivity index (χ1n) is 6.14. The second-order valence-corrected chi connectivity index (χ2v) is 4.81. The molecule has 0 saturated carbocycles. The number of nitrogens with zero attached hydrogens (tertiary/aromatic N) is 2. The fourth-order valence-electron chi connectivity index (χ4n) is 2.33. The maximum absolute atomic E-state index is 12.7. The van der Waals surface area contributed by atoms with Gasteiger partial charge in [0.15, 0.2) is 0 Å². The number of likely N-dealkylation sites (tertiary alicyclic amines) is 1. The van der Waals surface area contributed by atoms with Crippen LogP contribution in [0.25, 0.3) is 0 Å². The Morgan fingerprint density at radius 3 is 2.32 bits per heavy atom. The summed E-state index contributed by atoms with van der Waals surface area (Å²) in [7, 11) is 0. The topological polar surface area (TPSA) is 42.3 Å². The molecule has 22 heavy (non-hydrogen) atoms. The molecule has 1 aromatic heterocycles. The molecule has 1 unspecified atom stereocenters. The molecule has 4 nitrogen and oxygen atoms in total. The molecule has 10 heteroatoms. The number of pyridine rings is 1. The number of hydrogen-bond donors (Lipinski definition) is 0. The van der Waals surface area contributed by atoms with Crippen LogP contribution in [0.2, 0.25) is 0 Å². The summed E-state index contributed by atoms with van der Waals surface area (Å²) in [6.45, 7) is -1.76. The average Bonchev–Trinajstić information content (AvgIpc) is 2.68. The minimum Gasteiger partial charge on any atom is -0.332 e. The Hall–Kier alpha value is -2.00. The van der Waals surface area contributed by atoms with Crippen LogP contribution in [0.5, 0.6) is 0 Å². The summed E-state index contributed by atoms with van der Waals surface area (Å²) in [5, 5.41) is 0. The lowest BCUT2D eigenvalue weighted by Gasteiger charge is -2.19. The van der Waals surface area contributed by atoms with Gasteiger partial charge in [0, 0.05) is 12.7 Å². The summed E-state index contributed by atoms with van der Waals surface area (Å²) < 4.78 is 75.4. The Morgan fingerprint density at radius 1 is 1.14 bits per heavy atom. The van der Waals surface area contributed by atoms with E-state index in [4.69, 9.17) is 0 Å². The van der Waals surface area contributed by atoms with E-state index in [1.54, 1.807) is 0 Å². The molecule has 2 rings (SSSR count). The molecule has 0 N–H and O–H groups in total. The summed E-state index contributed by atoms with van der Waals surface area (Å²) >= 11 is 0. The lowest BCUT2D eigenvalue weighted by Crippen LogP contribution is -2.39. The van der Waals surface area contributed by atoms with Crippen molar-refractivity contribution >= 4 is 5.91 Å². The number of halogens is 6. The van der Waals surface area contributed by atoms with Crippen molar-refractivity contribution in [2.75, 3.05) is 13.1 Å². The minimum atomic E-state index is -4.90. The van der Waals surface area contributed by atoms with Gasteiger partial charge in [-0.25, -0.2) is 0 Å². The van der Waals surface area contributed by atoms with E-state index in [-0.39, 0.29) is 13.0 Å². The summed E-state index contributed by atoms with van der Waals surface area (Å²) in [5.74, 6) is -1.02. The molecule has 0 aliphatic carbocycles. The second kappa shape index (κ2) is 5.33. The number of amides is 1. The molecule has 1 saturated heterocycles. The maximum atomic E-state index is 12.7. The van der Waals surface area contributed by atoms with Crippen molar-refractivity contribution < 1.29 is 31.1 Å². The van der Waals surface area contributed by atoms with Gasteiger partial charge in [-0.05, 0) is 18.6 Å².